The van der Waals surface area contributed by atoms with Crippen LogP contribution >= 0.6 is 12.4 Å². The summed E-state index contributed by atoms with van der Waals surface area (Å²) in [5.74, 6) is 0.0259. The average molecular weight is 348 g/mol. The van der Waals surface area contributed by atoms with Crippen LogP contribution in [0.3, 0.4) is 0 Å². The van der Waals surface area contributed by atoms with Crippen LogP contribution in [0.2, 0.25) is 0 Å². The first kappa shape index (κ1) is 18.9. The first-order valence-corrected chi connectivity index (χ1v) is 8.38. The number of sulfonamides is 1. The number of benzene rings is 1. The van der Waals surface area contributed by atoms with E-state index in [4.69, 9.17) is 5.73 Å². The highest BCUT2D eigenvalue weighted by Gasteiger charge is 2.37. The molecule has 0 aliphatic carbocycles. The maximum absolute atomic E-state index is 12.6. The Bertz CT molecular complexity index is 619. The van der Waals surface area contributed by atoms with Gasteiger partial charge in [0.05, 0.1) is 4.90 Å². The summed E-state index contributed by atoms with van der Waals surface area (Å²) in [6, 6.07) is 6.18. The van der Waals surface area contributed by atoms with Crippen molar-refractivity contribution in [2.45, 2.75) is 31.2 Å². The van der Waals surface area contributed by atoms with Gasteiger partial charge in [0.15, 0.2) is 0 Å². The standard InChI is InChI=1S/C14H21N3O3S.ClH/c1-10-7-12(8-15)9-17(10)21(19,20)14-5-3-13(4-6-14)16-11(2)18;/h3-6,10,12H,7-9,15H2,1-2H3,(H,16,18);1H. The lowest BCUT2D eigenvalue weighted by Gasteiger charge is -2.21. The third kappa shape index (κ3) is 3.98. The number of halogens is 1. The van der Waals surface area contributed by atoms with Crippen molar-refractivity contribution in [1.82, 2.24) is 4.31 Å². The number of nitrogens with two attached hydrogens (primary N) is 1. The molecule has 1 aliphatic rings. The molecule has 6 nitrogen and oxygen atoms in total. The number of anilines is 1. The third-order valence-electron chi connectivity index (χ3n) is 3.72. The molecule has 1 aromatic carbocycles. The Morgan fingerprint density at radius 1 is 1.36 bits per heavy atom. The molecule has 0 aromatic heterocycles. The molecule has 1 heterocycles. The lowest BCUT2D eigenvalue weighted by Crippen LogP contribution is -2.34. The fourth-order valence-electron chi connectivity index (χ4n) is 2.66. The minimum absolute atomic E-state index is 0. The molecule has 2 unspecified atom stereocenters. The summed E-state index contributed by atoms with van der Waals surface area (Å²) in [4.78, 5) is 11.2. The molecule has 1 saturated heterocycles. The number of hydrogen-bond donors (Lipinski definition) is 2. The normalized spacial score (nSPS) is 22.1. The maximum atomic E-state index is 12.6. The van der Waals surface area contributed by atoms with Crippen LogP contribution in [-0.4, -0.2) is 37.8 Å². The minimum Gasteiger partial charge on any atom is -0.330 e. The lowest BCUT2D eigenvalue weighted by molar-refractivity contribution is -0.114. The summed E-state index contributed by atoms with van der Waals surface area (Å²) < 4.78 is 26.8. The number of nitrogens with zero attached hydrogens (tertiary/aromatic N) is 1. The Hall–Kier alpha value is -1.15. The van der Waals surface area contributed by atoms with Crippen molar-refractivity contribution in [3.05, 3.63) is 24.3 Å². The van der Waals surface area contributed by atoms with Gasteiger partial charge in [-0.2, -0.15) is 4.31 Å². The van der Waals surface area contributed by atoms with E-state index >= 15 is 0 Å². The quantitative estimate of drug-likeness (QED) is 0.861. The van der Waals surface area contributed by atoms with Gasteiger partial charge in [-0.3, -0.25) is 4.79 Å². The van der Waals surface area contributed by atoms with E-state index in [9.17, 15) is 13.2 Å². The number of nitrogens with one attached hydrogen (secondary N) is 1. The highest BCUT2D eigenvalue weighted by Crippen LogP contribution is 2.29. The summed E-state index contributed by atoms with van der Waals surface area (Å²) in [6.07, 6.45) is 0.791. The van der Waals surface area contributed by atoms with E-state index in [0.717, 1.165) is 6.42 Å². The molecule has 2 atom stereocenters. The highest BCUT2D eigenvalue weighted by molar-refractivity contribution is 7.89. The molecule has 1 aromatic rings. The van der Waals surface area contributed by atoms with E-state index in [1.807, 2.05) is 6.92 Å². The van der Waals surface area contributed by atoms with Gasteiger partial charge in [0.2, 0.25) is 15.9 Å². The van der Waals surface area contributed by atoms with Gasteiger partial charge in [0, 0.05) is 25.2 Å². The van der Waals surface area contributed by atoms with Crippen molar-refractivity contribution >= 4 is 34.0 Å². The summed E-state index contributed by atoms with van der Waals surface area (Å²) in [5.41, 5.74) is 6.22. The molecule has 0 bridgehead atoms. The summed E-state index contributed by atoms with van der Waals surface area (Å²) >= 11 is 0. The van der Waals surface area contributed by atoms with Crippen molar-refractivity contribution in [3.8, 4) is 0 Å². The molecule has 1 aliphatic heterocycles. The first-order valence-electron chi connectivity index (χ1n) is 6.94. The molecule has 0 radical (unpaired) electrons. The number of rotatable bonds is 4. The Labute approximate surface area is 137 Å². The lowest BCUT2D eigenvalue weighted by atomic mass is 10.1. The number of carbonyl (C=O) groups is 1. The summed E-state index contributed by atoms with van der Waals surface area (Å²) in [6.45, 7) is 4.27. The second-order valence-electron chi connectivity index (χ2n) is 5.47. The topological polar surface area (TPSA) is 92.5 Å². The van der Waals surface area contributed by atoms with Gasteiger partial charge in [-0.1, -0.05) is 0 Å². The molecule has 0 saturated carbocycles. The van der Waals surface area contributed by atoms with Gasteiger partial charge in [-0.15, -0.1) is 12.4 Å². The third-order valence-corrected chi connectivity index (χ3v) is 5.71. The fraction of sp³-hybridized carbons (Fsp3) is 0.500. The smallest absolute Gasteiger partial charge is 0.243 e. The second kappa shape index (κ2) is 7.41. The molecule has 8 heteroatoms. The van der Waals surface area contributed by atoms with Crippen LogP contribution in [0.4, 0.5) is 5.69 Å². The van der Waals surface area contributed by atoms with Crippen molar-refractivity contribution in [3.63, 3.8) is 0 Å². The van der Waals surface area contributed by atoms with Crippen LogP contribution in [0.25, 0.3) is 0 Å². The Kier molecular flexibility index (Phi) is 6.37. The van der Waals surface area contributed by atoms with Gasteiger partial charge in [-0.25, -0.2) is 8.42 Å². The van der Waals surface area contributed by atoms with Crippen molar-refractivity contribution < 1.29 is 13.2 Å². The van der Waals surface area contributed by atoms with Crippen molar-refractivity contribution in [2.75, 3.05) is 18.4 Å². The van der Waals surface area contributed by atoms with Crippen molar-refractivity contribution in [2.24, 2.45) is 11.7 Å². The van der Waals surface area contributed by atoms with Crippen LogP contribution in [0.1, 0.15) is 20.3 Å². The van der Waals surface area contributed by atoms with Gasteiger partial charge < -0.3 is 11.1 Å². The zero-order chi connectivity index (χ0) is 15.6. The van der Waals surface area contributed by atoms with E-state index < -0.39 is 10.0 Å². The highest BCUT2D eigenvalue weighted by atomic mass is 35.5. The molecule has 22 heavy (non-hydrogen) atoms. The number of carbonyl (C=O) groups excluding carboxylic acids is 1. The maximum Gasteiger partial charge on any atom is 0.243 e. The van der Waals surface area contributed by atoms with Gasteiger partial charge in [0.1, 0.15) is 0 Å². The monoisotopic (exact) mass is 347 g/mol. The number of hydrogen-bond acceptors (Lipinski definition) is 4. The molecular weight excluding hydrogens is 326 g/mol. The van der Waals surface area contributed by atoms with E-state index in [0.29, 0.717) is 18.8 Å². The zero-order valence-corrected chi connectivity index (χ0v) is 14.3. The van der Waals surface area contributed by atoms with Gasteiger partial charge in [-0.05, 0) is 50.1 Å². The molecule has 1 amide bonds. The molecule has 124 valence electrons. The molecular formula is C14H22ClN3O3S. The van der Waals surface area contributed by atoms with Crippen LogP contribution in [0.5, 0.6) is 0 Å². The Balaban J connectivity index is 0.00000242. The zero-order valence-electron chi connectivity index (χ0n) is 12.7. The fourth-order valence-corrected chi connectivity index (χ4v) is 4.38. The van der Waals surface area contributed by atoms with Crippen molar-refractivity contribution in [1.29, 1.82) is 0 Å². The van der Waals surface area contributed by atoms with Crippen LogP contribution < -0.4 is 11.1 Å². The molecule has 0 spiro atoms. The average Bonchev–Trinajstić information content (AvgIpc) is 2.81. The molecule has 2 rings (SSSR count). The minimum atomic E-state index is -3.51. The second-order valence-corrected chi connectivity index (χ2v) is 7.36. The van der Waals surface area contributed by atoms with Crippen LogP contribution in [0.15, 0.2) is 29.2 Å². The predicted molar refractivity (Wildman–Crippen MR) is 88.5 cm³/mol. The summed E-state index contributed by atoms with van der Waals surface area (Å²) in [5, 5.41) is 2.61. The van der Waals surface area contributed by atoms with E-state index in [1.165, 1.54) is 23.4 Å². The SMILES string of the molecule is CC(=O)Nc1ccc(S(=O)(=O)N2CC(CN)CC2C)cc1.Cl. The largest absolute Gasteiger partial charge is 0.330 e. The Morgan fingerprint density at radius 3 is 2.41 bits per heavy atom. The molecule has 1 fully saturated rings. The first-order chi connectivity index (χ1) is 9.84. The Morgan fingerprint density at radius 2 is 1.95 bits per heavy atom. The summed E-state index contributed by atoms with van der Waals surface area (Å²) in [7, 11) is -3.51. The van der Waals surface area contributed by atoms with E-state index in [1.54, 1.807) is 12.1 Å². The van der Waals surface area contributed by atoms with Gasteiger partial charge >= 0.3 is 0 Å². The van der Waals surface area contributed by atoms with Gasteiger partial charge in [0.25, 0.3) is 0 Å². The number of amides is 1. The van der Waals surface area contributed by atoms with Crippen LogP contribution in [-0.2, 0) is 14.8 Å². The van der Waals surface area contributed by atoms with E-state index in [-0.39, 0.29) is 35.2 Å². The van der Waals surface area contributed by atoms with Crippen LogP contribution in [0, 0.1) is 5.92 Å². The predicted octanol–water partition coefficient (Wildman–Crippen LogP) is 1.42. The van der Waals surface area contributed by atoms with E-state index in [2.05, 4.69) is 5.32 Å². The molecule has 3 N–H and O–H groups in total.